The van der Waals surface area contributed by atoms with Crippen LogP contribution in [0.5, 0.6) is 0 Å². The van der Waals surface area contributed by atoms with Crippen molar-refractivity contribution in [2.24, 2.45) is 5.73 Å². The minimum Gasteiger partial charge on any atom is -0.383 e. The Labute approximate surface area is 105 Å². The Hall–Kier alpha value is -0.160. The molecule has 4 heteroatoms. The molecule has 2 atom stereocenters. The highest BCUT2D eigenvalue weighted by molar-refractivity contribution is 4.94. The van der Waals surface area contributed by atoms with Gasteiger partial charge in [-0.3, -0.25) is 4.90 Å². The minimum absolute atomic E-state index is 0.100. The van der Waals surface area contributed by atoms with Crippen LogP contribution in [0, 0.1) is 0 Å². The van der Waals surface area contributed by atoms with E-state index >= 15 is 0 Å². The van der Waals surface area contributed by atoms with Crippen LogP contribution in [0.3, 0.4) is 0 Å². The summed E-state index contributed by atoms with van der Waals surface area (Å²) < 4.78 is 10.9. The quantitative estimate of drug-likeness (QED) is 0.764. The van der Waals surface area contributed by atoms with Gasteiger partial charge in [-0.1, -0.05) is 6.92 Å². The molecule has 0 saturated carbocycles. The fraction of sp³-hybridized carbons (Fsp3) is 1.00. The minimum atomic E-state index is 0.100. The first-order chi connectivity index (χ1) is 8.20. The van der Waals surface area contributed by atoms with Crippen LogP contribution in [0.4, 0.5) is 0 Å². The van der Waals surface area contributed by atoms with E-state index in [4.69, 9.17) is 15.2 Å². The average molecular weight is 244 g/mol. The van der Waals surface area contributed by atoms with Gasteiger partial charge >= 0.3 is 0 Å². The zero-order chi connectivity index (χ0) is 12.7. The fourth-order valence-electron chi connectivity index (χ4n) is 3.05. The molecule has 2 unspecified atom stereocenters. The Morgan fingerprint density at radius 1 is 1.41 bits per heavy atom. The first-order valence-electron chi connectivity index (χ1n) is 6.73. The highest BCUT2D eigenvalue weighted by Crippen LogP contribution is 2.29. The molecule has 1 aliphatic rings. The molecule has 0 aromatic carbocycles. The van der Waals surface area contributed by atoms with Crippen molar-refractivity contribution >= 4 is 0 Å². The van der Waals surface area contributed by atoms with Gasteiger partial charge in [0.1, 0.15) is 0 Å². The van der Waals surface area contributed by atoms with Crippen molar-refractivity contribution < 1.29 is 9.47 Å². The topological polar surface area (TPSA) is 47.7 Å². The summed E-state index contributed by atoms with van der Waals surface area (Å²) in [5.74, 6) is 0. The lowest BCUT2D eigenvalue weighted by molar-refractivity contribution is 0.00786. The molecule has 0 aromatic rings. The smallest absolute Gasteiger partial charge is 0.0615 e. The molecule has 17 heavy (non-hydrogen) atoms. The van der Waals surface area contributed by atoms with Crippen molar-refractivity contribution in [3.05, 3.63) is 0 Å². The summed E-state index contributed by atoms with van der Waals surface area (Å²) in [4.78, 5) is 2.51. The van der Waals surface area contributed by atoms with Gasteiger partial charge in [0.15, 0.2) is 0 Å². The maximum atomic E-state index is 6.08. The number of hydrogen-bond acceptors (Lipinski definition) is 4. The maximum absolute atomic E-state index is 6.08. The second-order valence-electron chi connectivity index (χ2n) is 4.98. The highest BCUT2D eigenvalue weighted by Gasteiger charge is 2.37. The van der Waals surface area contributed by atoms with Gasteiger partial charge in [-0.15, -0.1) is 0 Å². The predicted octanol–water partition coefficient (Wildman–Crippen LogP) is 1.24. The van der Waals surface area contributed by atoms with Crippen molar-refractivity contribution in [2.75, 3.05) is 40.0 Å². The maximum Gasteiger partial charge on any atom is 0.0615 e. The number of ether oxygens (including phenoxy) is 2. The van der Waals surface area contributed by atoms with Gasteiger partial charge in [0.2, 0.25) is 0 Å². The van der Waals surface area contributed by atoms with E-state index in [0.29, 0.717) is 12.6 Å². The second-order valence-corrected chi connectivity index (χ2v) is 4.98. The molecule has 1 heterocycles. The number of nitrogens with two attached hydrogens (primary N) is 1. The van der Waals surface area contributed by atoms with Crippen LogP contribution in [0.25, 0.3) is 0 Å². The van der Waals surface area contributed by atoms with Gasteiger partial charge in [0, 0.05) is 38.4 Å². The lowest BCUT2D eigenvalue weighted by Crippen LogP contribution is -2.58. The number of rotatable bonds is 6. The molecule has 2 N–H and O–H groups in total. The van der Waals surface area contributed by atoms with E-state index in [2.05, 4.69) is 18.7 Å². The van der Waals surface area contributed by atoms with E-state index in [9.17, 15) is 0 Å². The molecule has 102 valence electrons. The molecule has 1 aliphatic heterocycles. The van der Waals surface area contributed by atoms with Crippen LogP contribution in [0.15, 0.2) is 0 Å². The van der Waals surface area contributed by atoms with E-state index in [1.165, 1.54) is 0 Å². The van der Waals surface area contributed by atoms with Crippen molar-refractivity contribution in [1.29, 1.82) is 0 Å². The molecule has 1 fully saturated rings. The SMILES string of the molecule is CCN(C(C)COC)C1(CN)CCCOCC1. The van der Waals surface area contributed by atoms with Crippen molar-refractivity contribution in [1.82, 2.24) is 4.90 Å². The lowest BCUT2D eigenvalue weighted by atomic mass is 9.87. The third kappa shape index (κ3) is 3.65. The molecule has 1 saturated heterocycles. The number of likely N-dealkylation sites (N-methyl/N-ethyl adjacent to an activating group) is 1. The lowest BCUT2D eigenvalue weighted by Gasteiger charge is -2.45. The van der Waals surface area contributed by atoms with E-state index in [0.717, 1.165) is 45.6 Å². The first-order valence-corrected chi connectivity index (χ1v) is 6.73. The van der Waals surface area contributed by atoms with Gasteiger partial charge < -0.3 is 15.2 Å². The molecular formula is C13H28N2O2. The average Bonchev–Trinajstić information content (AvgIpc) is 2.57. The zero-order valence-corrected chi connectivity index (χ0v) is 11.6. The van der Waals surface area contributed by atoms with Gasteiger partial charge in [0.25, 0.3) is 0 Å². The summed E-state index contributed by atoms with van der Waals surface area (Å²) in [5, 5.41) is 0. The van der Waals surface area contributed by atoms with Gasteiger partial charge in [-0.2, -0.15) is 0 Å². The summed E-state index contributed by atoms with van der Waals surface area (Å²) >= 11 is 0. The Bertz CT molecular complexity index is 204. The predicted molar refractivity (Wildman–Crippen MR) is 70.2 cm³/mol. The molecular weight excluding hydrogens is 216 g/mol. The standard InChI is InChI=1S/C13H28N2O2/c1-4-15(12(2)10-16-3)13(11-14)6-5-8-17-9-7-13/h12H,4-11,14H2,1-3H3. The van der Waals surface area contributed by atoms with Crippen molar-refractivity contribution in [3.8, 4) is 0 Å². The molecule has 4 nitrogen and oxygen atoms in total. The Morgan fingerprint density at radius 2 is 2.18 bits per heavy atom. The molecule has 0 radical (unpaired) electrons. The van der Waals surface area contributed by atoms with Gasteiger partial charge in [0.05, 0.1) is 6.61 Å². The van der Waals surface area contributed by atoms with Crippen LogP contribution >= 0.6 is 0 Å². The Balaban J connectivity index is 2.78. The van der Waals surface area contributed by atoms with Crippen LogP contribution in [0.1, 0.15) is 33.1 Å². The summed E-state index contributed by atoms with van der Waals surface area (Å²) in [7, 11) is 1.76. The monoisotopic (exact) mass is 244 g/mol. The van der Waals surface area contributed by atoms with Crippen molar-refractivity contribution in [2.45, 2.75) is 44.7 Å². The number of nitrogens with zero attached hydrogens (tertiary/aromatic N) is 1. The molecule has 0 bridgehead atoms. The molecule has 0 spiro atoms. The summed E-state index contributed by atoms with van der Waals surface area (Å²) in [6, 6.07) is 0.409. The molecule has 0 amide bonds. The highest BCUT2D eigenvalue weighted by atomic mass is 16.5. The second kappa shape index (κ2) is 7.31. The largest absolute Gasteiger partial charge is 0.383 e. The third-order valence-electron chi connectivity index (χ3n) is 3.91. The van der Waals surface area contributed by atoms with E-state index in [-0.39, 0.29) is 5.54 Å². The van der Waals surface area contributed by atoms with Crippen LogP contribution in [-0.4, -0.2) is 56.5 Å². The fourth-order valence-corrected chi connectivity index (χ4v) is 3.05. The van der Waals surface area contributed by atoms with Crippen LogP contribution < -0.4 is 5.73 Å². The number of hydrogen-bond donors (Lipinski definition) is 1. The molecule has 1 rings (SSSR count). The van der Waals surface area contributed by atoms with E-state index < -0.39 is 0 Å². The van der Waals surface area contributed by atoms with Crippen LogP contribution in [-0.2, 0) is 9.47 Å². The molecule has 0 aromatic heterocycles. The Kier molecular flexibility index (Phi) is 6.41. The van der Waals surface area contributed by atoms with E-state index in [1.807, 2.05) is 0 Å². The molecule has 0 aliphatic carbocycles. The third-order valence-corrected chi connectivity index (χ3v) is 3.91. The summed E-state index contributed by atoms with van der Waals surface area (Å²) in [6.45, 7) is 8.60. The van der Waals surface area contributed by atoms with E-state index in [1.54, 1.807) is 7.11 Å². The van der Waals surface area contributed by atoms with Crippen molar-refractivity contribution in [3.63, 3.8) is 0 Å². The first kappa shape index (κ1) is 14.9. The van der Waals surface area contributed by atoms with Gasteiger partial charge in [-0.05, 0) is 32.7 Å². The number of methoxy groups -OCH3 is 1. The van der Waals surface area contributed by atoms with Gasteiger partial charge in [-0.25, -0.2) is 0 Å². The summed E-state index contributed by atoms with van der Waals surface area (Å²) in [5.41, 5.74) is 6.18. The zero-order valence-electron chi connectivity index (χ0n) is 11.6. The Morgan fingerprint density at radius 3 is 2.76 bits per heavy atom. The van der Waals surface area contributed by atoms with Crippen LogP contribution in [0.2, 0.25) is 0 Å². The summed E-state index contributed by atoms with van der Waals surface area (Å²) in [6.07, 6.45) is 3.27. The normalized spacial score (nSPS) is 28.1.